The molecule has 1 unspecified atom stereocenters. The van der Waals surface area contributed by atoms with Crippen molar-refractivity contribution in [3.05, 3.63) is 41.0 Å². The molecule has 1 aromatic carbocycles. The van der Waals surface area contributed by atoms with Gasteiger partial charge in [0, 0.05) is 6.42 Å². The fourth-order valence-electron chi connectivity index (χ4n) is 3.08. The summed E-state index contributed by atoms with van der Waals surface area (Å²) in [5, 5.41) is 5.80. The first-order valence-electron chi connectivity index (χ1n) is 8.21. The van der Waals surface area contributed by atoms with E-state index in [2.05, 4.69) is 15.5 Å². The minimum Gasteiger partial charge on any atom is -0.484 e. The van der Waals surface area contributed by atoms with Crippen molar-refractivity contribution in [2.75, 3.05) is 0 Å². The summed E-state index contributed by atoms with van der Waals surface area (Å²) in [6.07, 6.45) is 0.178. The van der Waals surface area contributed by atoms with E-state index in [1.54, 1.807) is 13.0 Å². The first-order valence-corrected chi connectivity index (χ1v) is 8.21. The van der Waals surface area contributed by atoms with E-state index in [0.29, 0.717) is 11.6 Å². The van der Waals surface area contributed by atoms with Gasteiger partial charge in [0.25, 0.3) is 17.7 Å². The van der Waals surface area contributed by atoms with Crippen LogP contribution in [0.2, 0.25) is 0 Å². The Kier molecular flexibility index (Phi) is 3.94. The van der Waals surface area contributed by atoms with Crippen LogP contribution in [0.25, 0.3) is 0 Å². The van der Waals surface area contributed by atoms with Gasteiger partial charge in [-0.15, -0.1) is 0 Å². The van der Waals surface area contributed by atoms with Crippen LogP contribution in [0.15, 0.2) is 22.7 Å². The molecule has 0 radical (unpaired) electrons. The predicted molar refractivity (Wildman–Crippen MR) is 86.5 cm³/mol. The normalized spacial score (nSPS) is 19.3. The van der Waals surface area contributed by atoms with Crippen LogP contribution in [0.1, 0.15) is 45.3 Å². The smallest absolute Gasteiger partial charge is 0.264 e. The molecule has 10 nitrogen and oxygen atoms in total. The Morgan fingerprint density at radius 2 is 2.00 bits per heavy atom. The third kappa shape index (κ3) is 2.94. The lowest BCUT2D eigenvalue weighted by atomic mass is 10.0. The van der Waals surface area contributed by atoms with Crippen molar-refractivity contribution in [1.82, 2.24) is 20.4 Å². The van der Waals surface area contributed by atoms with Crippen molar-refractivity contribution >= 4 is 23.6 Å². The molecule has 2 aliphatic rings. The zero-order valence-electron chi connectivity index (χ0n) is 14.2. The molecule has 4 amide bonds. The summed E-state index contributed by atoms with van der Waals surface area (Å²) < 4.78 is 10.5. The number of rotatable bonds is 4. The van der Waals surface area contributed by atoms with Crippen LogP contribution < -0.4 is 10.1 Å². The zero-order chi connectivity index (χ0) is 19.1. The molecular formula is C17H14N4O6. The molecule has 2 aromatic rings. The Labute approximate surface area is 152 Å². The van der Waals surface area contributed by atoms with Crippen LogP contribution in [0, 0.1) is 6.92 Å². The quantitative estimate of drug-likeness (QED) is 0.763. The molecule has 0 spiro atoms. The second-order valence-corrected chi connectivity index (χ2v) is 6.18. The Morgan fingerprint density at radius 3 is 2.70 bits per heavy atom. The van der Waals surface area contributed by atoms with Gasteiger partial charge < -0.3 is 9.26 Å². The van der Waals surface area contributed by atoms with Gasteiger partial charge in [-0.25, -0.2) is 0 Å². The van der Waals surface area contributed by atoms with Crippen molar-refractivity contribution < 1.29 is 28.4 Å². The molecule has 0 bridgehead atoms. The fraction of sp³-hybridized carbons (Fsp3) is 0.294. The molecule has 1 N–H and O–H groups in total. The SMILES string of the molecule is Cc1noc(COc2ccc3c(c2)C(=O)N(C2CCC(=O)NC2=O)C3=O)n1. The Bertz CT molecular complexity index is 982. The topological polar surface area (TPSA) is 132 Å². The number of carbonyl (C=O) groups excluding carboxylic acids is 4. The molecule has 1 saturated heterocycles. The average molecular weight is 370 g/mol. The largest absolute Gasteiger partial charge is 0.484 e. The number of aromatic nitrogens is 2. The monoisotopic (exact) mass is 370 g/mol. The number of aryl methyl sites for hydroxylation is 1. The fourth-order valence-corrected chi connectivity index (χ4v) is 3.08. The molecule has 10 heteroatoms. The van der Waals surface area contributed by atoms with Crippen LogP contribution in [0.5, 0.6) is 5.75 Å². The highest BCUT2D eigenvalue weighted by Gasteiger charge is 2.44. The van der Waals surface area contributed by atoms with Gasteiger partial charge in [-0.2, -0.15) is 4.98 Å². The minimum absolute atomic E-state index is 0.0125. The molecule has 1 aromatic heterocycles. The van der Waals surface area contributed by atoms with Crippen LogP contribution in [-0.4, -0.2) is 44.7 Å². The number of fused-ring (bicyclic) bond motifs is 1. The van der Waals surface area contributed by atoms with Gasteiger partial charge in [-0.3, -0.25) is 29.4 Å². The predicted octanol–water partition coefficient (Wildman–Crippen LogP) is 0.358. The van der Waals surface area contributed by atoms with Crippen molar-refractivity contribution in [2.45, 2.75) is 32.4 Å². The number of carbonyl (C=O) groups is 4. The maximum absolute atomic E-state index is 12.7. The van der Waals surface area contributed by atoms with E-state index in [9.17, 15) is 19.2 Å². The van der Waals surface area contributed by atoms with Crippen LogP contribution in [0.4, 0.5) is 0 Å². The number of ether oxygens (including phenoxy) is 1. The molecule has 0 aliphatic carbocycles. The number of nitrogens with zero attached hydrogens (tertiary/aromatic N) is 3. The van der Waals surface area contributed by atoms with E-state index >= 15 is 0 Å². The van der Waals surface area contributed by atoms with Gasteiger partial charge in [-0.05, 0) is 31.5 Å². The molecule has 1 fully saturated rings. The van der Waals surface area contributed by atoms with Gasteiger partial charge in [0.2, 0.25) is 11.8 Å². The number of piperidine rings is 1. The molecular weight excluding hydrogens is 356 g/mol. The highest BCUT2D eigenvalue weighted by Crippen LogP contribution is 2.30. The van der Waals surface area contributed by atoms with E-state index in [1.165, 1.54) is 12.1 Å². The van der Waals surface area contributed by atoms with Crippen molar-refractivity contribution in [2.24, 2.45) is 0 Å². The summed E-state index contributed by atoms with van der Waals surface area (Å²) in [5.41, 5.74) is 0.328. The first kappa shape index (κ1) is 16.9. The summed E-state index contributed by atoms with van der Waals surface area (Å²) in [5.74, 6) is -1.13. The second kappa shape index (κ2) is 6.31. The third-order valence-electron chi connectivity index (χ3n) is 4.34. The summed E-state index contributed by atoms with van der Waals surface area (Å²) in [7, 11) is 0. The molecule has 2 aliphatic heterocycles. The lowest BCUT2D eigenvalue weighted by Crippen LogP contribution is -2.54. The molecule has 27 heavy (non-hydrogen) atoms. The standard InChI is InChI=1S/C17H14N4O6/c1-8-18-14(27-20-8)7-26-9-2-3-10-11(6-9)17(25)21(16(10)24)12-4-5-13(22)19-15(12)23/h2-3,6,12H,4-5,7H2,1H3,(H,19,22,23). The summed E-state index contributed by atoms with van der Waals surface area (Å²) >= 11 is 0. The molecule has 138 valence electrons. The lowest BCUT2D eigenvalue weighted by Gasteiger charge is -2.27. The number of nitrogens with one attached hydrogen (secondary N) is 1. The highest BCUT2D eigenvalue weighted by molar-refractivity contribution is 6.23. The van der Waals surface area contributed by atoms with E-state index < -0.39 is 29.7 Å². The summed E-state index contributed by atoms with van der Waals surface area (Å²) in [4.78, 5) is 53.5. The second-order valence-electron chi connectivity index (χ2n) is 6.18. The maximum Gasteiger partial charge on any atom is 0.264 e. The van der Waals surface area contributed by atoms with Gasteiger partial charge in [0.15, 0.2) is 12.4 Å². The number of imide groups is 2. The minimum atomic E-state index is -0.999. The van der Waals surface area contributed by atoms with Crippen LogP contribution in [-0.2, 0) is 16.2 Å². The van der Waals surface area contributed by atoms with E-state index in [1.807, 2.05) is 0 Å². The number of hydrogen-bond acceptors (Lipinski definition) is 8. The number of benzene rings is 1. The van der Waals surface area contributed by atoms with Crippen molar-refractivity contribution in [1.29, 1.82) is 0 Å². The molecule has 1 atom stereocenters. The first-order chi connectivity index (χ1) is 12.9. The number of amides is 4. The van der Waals surface area contributed by atoms with E-state index in [0.717, 1.165) is 4.90 Å². The molecule has 4 rings (SSSR count). The Morgan fingerprint density at radius 1 is 1.22 bits per heavy atom. The number of hydrogen-bond donors (Lipinski definition) is 1. The summed E-state index contributed by atoms with van der Waals surface area (Å²) in [6.45, 7) is 1.69. The zero-order valence-corrected chi connectivity index (χ0v) is 14.2. The van der Waals surface area contributed by atoms with Crippen LogP contribution in [0.3, 0.4) is 0 Å². The van der Waals surface area contributed by atoms with Gasteiger partial charge in [0.05, 0.1) is 11.1 Å². The highest BCUT2D eigenvalue weighted by atomic mass is 16.5. The third-order valence-corrected chi connectivity index (χ3v) is 4.34. The lowest BCUT2D eigenvalue weighted by molar-refractivity contribution is -0.136. The average Bonchev–Trinajstić information content (AvgIpc) is 3.16. The van der Waals surface area contributed by atoms with Crippen molar-refractivity contribution in [3.8, 4) is 5.75 Å². The Balaban J connectivity index is 1.54. The van der Waals surface area contributed by atoms with E-state index in [-0.39, 0.29) is 36.5 Å². The maximum atomic E-state index is 12.7. The van der Waals surface area contributed by atoms with Crippen molar-refractivity contribution in [3.63, 3.8) is 0 Å². The van der Waals surface area contributed by atoms with Crippen LogP contribution >= 0.6 is 0 Å². The van der Waals surface area contributed by atoms with Gasteiger partial charge >= 0.3 is 0 Å². The molecule has 0 saturated carbocycles. The van der Waals surface area contributed by atoms with E-state index in [4.69, 9.17) is 9.26 Å². The Hall–Kier alpha value is -3.56. The molecule has 3 heterocycles. The van der Waals surface area contributed by atoms with Gasteiger partial charge in [-0.1, -0.05) is 5.16 Å². The summed E-state index contributed by atoms with van der Waals surface area (Å²) in [6, 6.07) is 3.45. The van der Waals surface area contributed by atoms with Gasteiger partial charge in [0.1, 0.15) is 11.8 Å².